The molecule has 1 amide bonds. The summed E-state index contributed by atoms with van der Waals surface area (Å²) in [5.74, 6) is 0. The van der Waals surface area contributed by atoms with Crippen molar-refractivity contribution in [2.75, 3.05) is 6.79 Å². The number of nitrogens with two attached hydrogens (primary N) is 1. The molecule has 5 nitrogen and oxygen atoms in total. The van der Waals surface area contributed by atoms with Crippen molar-refractivity contribution in [3.8, 4) is 0 Å². The van der Waals surface area contributed by atoms with Gasteiger partial charge in [-0.2, -0.15) is 0 Å². The van der Waals surface area contributed by atoms with Gasteiger partial charge in [0.2, 0.25) is 6.79 Å². The van der Waals surface area contributed by atoms with Gasteiger partial charge in [-0.25, -0.2) is 4.79 Å². The Hall–Kier alpha value is -1.26. The molecule has 0 aromatic rings. The van der Waals surface area contributed by atoms with Gasteiger partial charge in [0.1, 0.15) is 0 Å². The van der Waals surface area contributed by atoms with Crippen LogP contribution in [0.1, 0.15) is 0 Å². The zero-order valence-electron chi connectivity index (χ0n) is 3.99. The summed E-state index contributed by atoms with van der Waals surface area (Å²) in [5.41, 5.74) is 4.48. The Kier molecular flexibility index (Phi) is 3.30. The van der Waals surface area contributed by atoms with Crippen LogP contribution in [0.5, 0.6) is 0 Å². The van der Waals surface area contributed by atoms with Crippen LogP contribution in [0.2, 0.25) is 0 Å². The molecule has 0 fully saturated rings. The number of amides is 1. The molecule has 0 radical (unpaired) electrons. The lowest BCUT2D eigenvalue weighted by Crippen LogP contribution is -2.14. The van der Waals surface area contributed by atoms with E-state index in [0.717, 1.165) is 0 Å². The third-order valence-electron chi connectivity index (χ3n) is 0.337. The monoisotopic (exact) mass is 119 g/mol. The number of hydrogen-bond acceptors (Lipinski definition) is 4. The smallest absolute Gasteiger partial charge is 0.407 e. The molecule has 0 aromatic carbocycles. The summed E-state index contributed by atoms with van der Waals surface area (Å²) < 4.78 is 7.91. The molecule has 0 heterocycles. The molecule has 8 heavy (non-hydrogen) atoms. The van der Waals surface area contributed by atoms with Gasteiger partial charge < -0.3 is 15.2 Å². The van der Waals surface area contributed by atoms with Crippen LogP contribution in [0.25, 0.3) is 0 Å². The molecule has 0 aliphatic heterocycles. The fourth-order valence-corrected chi connectivity index (χ4v) is 0.120. The predicted molar refractivity (Wildman–Crippen MR) is 22.7 cm³/mol. The lowest BCUT2D eigenvalue weighted by Gasteiger charge is -1.95. The summed E-state index contributed by atoms with van der Waals surface area (Å²) in [4.78, 5) is 19.0. The second-order valence-corrected chi connectivity index (χ2v) is 0.844. The summed E-state index contributed by atoms with van der Waals surface area (Å²) in [5, 5.41) is 0. The SMILES string of the molecule is NC(=O)OCOC=O. The van der Waals surface area contributed by atoms with Crippen LogP contribution in [-0.4, -0.2) is 19.4 Å². The molecule has 0 spiro atoms. The zero-order chi connectivity index (χ0) is 6.41. The first-order chi connectivity index (χ1) is 3.77. The van der Waals surface area contributed by atoms with Gasteiger partial charge in [-0.05, 0) is 0 Å². The third kappa shape index (κ3) is 4.74. The van der Waals surface area contributed by atoms with Gasteiger partial charge in [0.15, 0.2) is 0 Å². The van der Waals surface area contributed by atoms with E-state index in [0.29, 0.717) is 0 Å². The van der Waals surface area contributed by atoms with Crippen molar-refractivity contribution in [1.29, 1.82) is 0 Å². The number of hydrogen-bond donors (Lipinski definition) is 1. The third-order valence-corrected chi connectivity index (χ3v) is 0.337. The first kappa shape index (κ1) is 6.74. The van der Waals surface area contributed by atoms with E-state index in [9.17, 15) is 9.59 Å². The highest BCUT2D eigenvalue weighted by Gasteiger charge is 1.88. The average molecular weight is 119 g/mol. The Morgan fingerprint density at radius 1 is 1.75 bits per heavy atom. The van der Waals surface area contributed by atoms with Crippen LogP contribution >= 0.6 is 0 Å². The van der Waals surface area contributed by atoms with E-state index in [1.165, 1.54) is 0 Å². The van der Waals surface area contributed by atoms with Gasteiger partial charge in [0.25, 0.3) is 6.47 Å². The molecule has 0 atom stereocenters. The molecule has 0 aliphatic carbocycles. The fraction of sp³-hybridized carbons (Fsp3) is 0.333. The Bertz CT molecular complexity index is 91.3. The normalized spacial score (nSPS) is 7.50. The lowest BCUT2D eigenvalue weighted by atomic mass is 11.2. The Morgan fingerprint density at radius 2 is 2.38 bits per heavy atom. The summed E-state index contributed by atoms with van der Waals surface area (Å²) in [6.45, 7) is -0.262. The molecule has 0 aromatic heterocycles. The van der Waals surface area contributed by atoms with Crippen LogP contribution in [0.3, 0.4) is 0 Å². The second kappa shape index (κ2) is 3.91. The maximum atomic E-state index is 9.68. The van der Waals surface area contributed by atoms with Crippen molar-refractivity contribution in [2.45, 2.75) is 0 Å². The number of carbonyl (C=O) groups is 2. The van der Waals surface area contributed by atoms with Gasteiger partial charge in [-0.3, -0.25) is 4.79 Å². The van der Waals surface area contributed by atoms with E-state index >= 15 is 0 Å². The molecular formula is C3H5NO4. The minimum Gasteiger partial charge on any atom is -0.430 e. The highest BCUT2D eigenvalue weighted by molar-refractivity contribution is 5.64. The largest absolute Gasteiger partial charge is 0.430 e. The zero-order valence-corrected chi connectivity index (χ0v) is 3.99. The van der Waals surface area contributed by atoms with E-state index in [1.54, 1.807) is 0 Å². The van der Waals surface area contributed by atoms with Gasteiger partial charge in [-0.15, -0.1) is 0 Å². The topological polar surface area (TPSA) is 78.6 Å². The Morgan fingerprint density at radius 3 is 2.75 bits per heavy atom. The van der Waals surface area contributed by atoms with E-state index in [4.69, 9.17) is 0 Å². The van der Waals surface area contributed by atoms with E-state index in [-0.39, 0.29) is 6.47 Å². The average Bonchev–Trinajstić information content (AvgIpc) is 1.66. The van der Waals surface area contributed by atoms with Crippen LogP contribution in [0.4, 0.5) is 4.79 Å². The molecule has 0 unspecified atom stereocenters. The van der Waals surface area contributed by atoms with Crippen molar-refractivity contribution in [3.05, 3.63) is 0 Å². The molecule has 0 rings (SSSR count). The maximum Gasteiger partial charge on any atom is 0.407 e. The molecule has 0 aliphatic rings. The van der Waals surface area contributed by atoms with Crippen molar-refractivity contribution in [2.24, 2.45) is 5.73 Å². The van der Waals surface area contributed by atoms with Gasteiger partial charge in [0, 0.05) is 0 Å². The van der Waals surface area contributed by atoms with Crippen molar-refractivity contribution in [1.82, 2.24) is 0 Å². The Labute approximate surface area is 45.4 Å². The minimum absolute atomic E-state index is 0.156. The van der Waals surface area contributed by atoms with E-state index < -0.39 is 12.9 Å². The van der Waals surface area contributed by atoms with E-state index in [2.05, 4.69) is 15.2 Å². The van der Waals surface area contributed by atoms with Crippen LogP contribution < -0.4 is 5.73 Å². The number of carbonyl (C=O) groups excluding carboxylic acids is 2. The van der Waals surface area contributed by atoms with Gasteiger partial charge in [0.05, 0.1) is 0 Å². The van der Waals surface area contributed by atoms with Crippen LogP contribution in [-0.2, 0) is 14.3 Å². The fourth-order valence-electron chi connectivity index (χ4n) is 0.120. The van der Waals surface area contributed by atoms with Crippen LogP contribution in [0, 0.1) is 0 Å². The number of primary amides is 1. The minimum atomic E-state index is -0.966. The highest BCUT2D eigenvalue weighted by Crippen LogP contribution is 1.71. The van der Waals surface area contributed by atoms with Gasteiger partial charge in [-0.1, -0.05) is 0 Å². The van der Waals surface area contributed by atoms with Crippen LogP contribution in [0.15, 0.2) is 0 Å². The predicted octanol–water partition coefficient (Wildman–Crippen LogP) is -0.788. The lowest BCUT2D eigenvalue weighted by molar-refractivity contribution is -0.136. The molecule has 0 saturated carbocycles. The maximum absolute atomic E-state index is 9.68. The quantitative estimate of drug-likeness (QED) is 0.300. The molecule has 5 heteroatoms. The summed E-state index contributed by atoms with van der Waals surface area (Å²) in [7, 11) is 0. The highest BCUT2D eigenvalue weighted by atomic mass is 16.7. The standard InChI is InChI=1S/C3H5NO4/c4-3(6)8-2-7-1-5/h1H,2H2,(H2,4,6). The van der Waals surface area contributed by atoms with Crippen molar-refractivity contribution < 1.29 is 19.1 Å². The number of ether oxygens (including phenoxy) is 2. The van der Waals surface area contributed by atoms with Crippen molar-refractivity contribution >= 4 is 12.6 Å². The molecule has 46 valence electrons. The Balaban J connectivity index is 2.93. The van der Waals surface area contributed by atoms with Gasteiger partial charge >= 0.3 is 6.09 Å². The first-order valence-electron chi connectivity index (χ1n) is 1.75. The molecule has 2 N–H and O–H groups in total. The number of rotatable bonds is 3. The summed E-state index contributed by atoms with van der Waals surface area (Å²) >= 11 is 0. The molecule has 0 bridgehead atoms. The molecular weight excluding hydrogens is 114 g/mol. The van der Waals surface area contributed by atoms with Crippen molar-refractivity contribution in [3.63, 3.8) is 0 Å². The summed E-state index contributed by atoms with van der Waals surface area (Å²) in [6.07, 6.45) is -0.966. The molecule has 0 saturated heterocycles. The first-order valence-corrected chi connectivity index (χ1v) is 1.75. The van der Waals surface area contributed by atoms with E-state index in [1.807, 2.05) is 0 Å². The second-order valence-electron chi connectivity index (χ2n) is 0.844. The summed E-state index contributed by atoms with van der Waals surface area (Å²) in [6, 6.07) is 0.